The first-order valence-electron chi connectivity index (χ1n) is 7.98. The predicted octanol–water partition coefficient (Wildman–Crippen LogP) is 3.23. The number of furan rings is 1. The van der Waals surface area contributed by atoms with Crippen LogP contribution < -0.4 is 5.32 Å². The Morgan fingerprint density at radius 3 is 2.84 bits per heavy atom. The van der Waals surface area contributed by atoms with Crippen molar-refractivity contribution in [1.29, 1.82) is 0 Å². The fraction of sp³-hybridized carbons (Fsp3) is 0.278. The molecule has 0 aliphatic heterocycles. The van der Waals surface area contributed by atoms with E-state index in [1.54, 1.807) is 29.4 Å². The van der Waals surface area contributed by atoms with Crippen LogP contribution in [0.4, 0.5) is 0 Å². The van der Waals surface area contributed by atoms with Gasteiger partial charge in [0.1, 0.15) is 11.3 Å². The van der Waals surface area contributed by atoms with Crippen molar-refractivity contribution in [3.05, 3.63) is 53.4 Å². The Labute approximate surface area is 149 Å². The normalized spacial score (nSPS) is 12.1. The van der Waals surface area contributed by atoms with E-state index in [0.29, 0.717) is 5.56 Å². The minimum atomic E-state index is -0.247. The van der Waals surface area contributed by atoms with Gasteiger partial charge in [-0.3, -0.25) is 9.59 Å². The van der Waals surface area contributed by atoms with Crippen LogP contribution in [0.2, 0.25) is 0 Å². The lowest BCUT2D eigenvalue weighted by Crippen LogP contribution is -2.33. The number of carbonyl (C=O) groups is 2. The van der Waals surface area contributed by atoms with Crippen LogP contribution >= 0.6 is 11.3 Å². The molecule has 3 rings (SSSR count). The van der Waals surface area contributed by atoms with Crippen LogP contribution in [0.15, 0.2) is 47.3 Å². The predicted molar refractivity (Wildman–Crippen MR) is 96.5 cm³/mol. The van der Waals surface area contributed by atoms with E-state index in [-0.39, 0.29) is 30.8 Å². The molecule has 0 spiro atoms. The van der Waals surface area contributed by atoms with Gasteiger partial charge in [-0.25, -0.2) is 4.98 Å². The molecule has 0 saturated heterocycles. The summed E-state index contributed by atoms with van der Waals surface area (Å²) in [4.78, 5) is 30.5. The van der Waals surface area contributed by atoms with Crippen LogP contribution in [0, 0.1) is 0 Å². The van der Waals surface area contributed by atoms with Gasteiger partial charge in [0.2, 0.25) is 5.91 Å². The zero-order chi connectivity index (χ0) is 17.8. The lowest BCUT2D eigenvalue weighted by Gasteiger charge is -2.23. The van der Waals surface area contributed by atoms with Crippen molar-refractivity contribution in [3.8, 4) is 0 Å². The minimum Gasteiger partial charge on any atom is -0.472 e. The molecule has 0 fully saturated rings. The van der Waals surface area contributed by atoms with Gasteiger partial charge < -0.3 is 14.6 Å². The maximum atomic E-state index is 12.4. The summed E-state index contributed by atoms with van der Waals surface area (Å²) >= 11 is 1.59. The topological polar surface area (TPSA) is 75.4 Å². The van der Waals surface area contributed by atoms with E-state index < -0.39 is 0 Å². The third-order valence-electron chi connectivity index (χ3n) is 4.05. The van der Waals surface area contributed by atoms with E-state index >= 15 is 0 Å². The van der Waals surface area contributed by atoms with Crippen LogP contribution in [0.1, 0.15) is 34.8 Å². The third kappa shape index (κ3) is 3.88. The molecule has 1 aromatic carbocycles. The summed E-state index contributed by atoms with van der Waals surface area (Å²) in [5.41, 5.74) is 1.39. The van der Waals surface area contributed by atoms with Gasteiger partial charge in [-0.1, -0.05) is 12.1 Å². The molecule has 3 aromatic rings. The Kier molecular flexibility index (Phi) is 5.14. The van der Waals surface area contributed by atoms with E-state index in [1.807, 2.05) is 31.2 Å². The molecule has 2 heterocycles. The smallest absolute Gasteiger partial charge is 0.254 e. The molecule has 1 N–H and O–H groups in total. The highest BCUT2D eigenvalue weighted by Gasteiger charge is 2.20. The number of benzene rings is 1. The Morgan fingerprint density at radius 2 is 2.12 bits per heavy atom. The van der Waals surface area contributed by atoms with E-state index in [9.17, 15) is 9.59 Å². The molecule has 130 valence electrons. The number of aromatic nitrogens is 1. The second-order valence-electron chi connectivity index (χ2n) is 5.72. The Hall–Kier alpha value is -2.67. The first-order chi connectivity index (χ1) is 12.1. The lowest BCUT2D eigenvalue weighted by atomic mass is 10.2. The Morgan fingerprint density at radius 1 is 1.32 bits per heavy atom. The van der Waals surface area contributed by atoms with Gasteiger partial charge in [0.25, 0.3) is 5.91 Å². The molecular weight excluding hydrogens is 338 g/mol. The molecule has 0 aliphatic rings. The molecule has 0 radical (unpaired) electrons. The van der Waals surface area contributed by atoms with Crippen LogP contribution in [0.5, 0.6) is 0 Å². The molecular formula is C18H19N3O3S. The monoisotopic (exact) mass is 357 g/mol. The highest BCUT2D eigenvalue weighted by atomic mass is 32.1. The summed E-state index contributed by atoms with van der Waals surface area (Å²) in [5, 5.41) is 3.61. The number of nitrogens with zero attached hydrogens (tertiary/aromatic N) is 2. The first-order valence-corrected chi connectivity index (χ1v) is 8.79. The zero-order valence-corrected chi connectivity index (χ0v) is 14.9. The van der Waals surface area contributed by atoms with Gasteiger partial charge in [-0.2, -0.15) is 0 Å². The zero-order valence-electron chi connectivity index (χ0n) is 14.1. The van der Waals surface area contributed by atoms with Crippen molar-refractivity contribution in [3.63, 3.8) is 0 Å². The van der Waals surface area contributed by atoms with E-state index in [2.05, 4.69) is 10.3 Å². The molecule has 2 aromatic heterocycles. The van der Waals surface area contributed by atoms with Gasteiger partial charge in [0.15, 0.2) is 0 Å². The van der Waals surface area contributed by atoms with Crippen molar-refractivity contribution in [2.24, 2.45) is 0 Å². The Balaban J connectivity index is 1.55. The molecule has 0 aliphatic carbocycles. The standard InChI is InChI=1S/C18H19N3O3S/c1-12(18-20-14-5-3-4-6-15(14)25-18)21(2)16(22)7-9-19-17(23)13-8-10-24-11-13/h3-6,8,10-12H,7,9H2,1-2H3,(H,19,23). The van der Waals surface area contributed by atoms with E-state index in [1.165, 1.54) is 12.5 Å². The van der Waals surface area contributed by atoms with Crippen LogP contribution in [-0.2, 0) is 4.79 Å². The van der Waals surface area contributed by atoms with Gasteiger partial charge in [0, 0.05) is 20.0 Å². The summed E-state index contributed by atoms with van der Waals surface area (Å²) < 4.78 is 5.97. The van der Waals surface area contributed by atoms with Gasteiger partial charge in [0.05, 0.1) is 28.1 Å². The molecule has 1 atom stereocenters. The largest absolute Gasteiger partial charge is 0.472 e. The number of rotatable bonds is 6. The van der Waals surface area contributed by atoms with Gasteiger partial charge in [-0.05, 0) is 25.1 Å². The van der Waals surface area contributed by atoms with Crippen LogP contribution in [-0.4, -0.2) is 35.3 Å². The number of hydrogen-bond donors (Lipinski definition) is 1. The quantitative estimate of drug-likeness (QED) is 0.735. The second-order valence-corrected chi connectivity index (χ2v) is 6.78. The molecule has 2 amide bonds. The number of para-hydroxylation sites is 1. The van der Waals surface area contributed by atoms with Crippen molar-refractivity contribution < 1.29 is 14.0 Å². The van der Waals surface area contributed by atoms with E-state index in [0.717, 1.165) is 15.2 Å². The summed E-state index contributed by atoms with van der Waals surface area (Å²) in [6, 6.07) is 9.39. The lowest BCUT2D eigenvalue weighted by molar-refractivity contribution is -0.131. The highest BCUT2D eigenvalue weighted by Crippen LogP contribution is 2.28. The van der Waals surface area contributed by atoms with Crippen molar-refractivity contribution in [2.75, 3.05) is 13.6 Å². The summed E-state index contributed by atoms with van der Waals surface area (Å²) in [5.74, 6) is -0.289. The maximum Gasteiger partial charge on any atom is 0.254 e. The number of thiazole rings is 1. The van der Waals surface area contributed by atoms with Gasteiger partial charge >= 0.3 is 0 Å². The fourth-order valence-corrected chi connectivity index (χ4v) is 3.47. The molecule has 1 unspecified atom stereocenters. The number of hydrogen-bond acceptors (Lipinski definition) is 5. The van der Waals surface area contributed by atoms with Crippen LogP contribution in [0.25, 0.3) is 10.2 Å². The average molecular weight is 357 g/mol. The number of nitrogens with one attached hydrogen (secondary N) is 1. The molecule has 6 nitrogen and oxygen atoms in total. The molecule has 25 heavy (non-hydrogen) atoms. The van der Waals surface area contributed by atoms with E-state index in [4.69, 9.17) is 4.42 Å². The first kappa shape index (κ1) is 17.2. The second kappa shape index (κ2) is 7.48. The summed E-state index contributed by atoms with van der Waals surface area (Å²) in [6.07, 6.45) is 3.04. The molecule has 0 saturated carbocycles. The average Bonchev–Trinajstić information content (AvgIpc) is 3.29. The molecule has 7 heteroatoms. The van der Waals surface area contributed by atoms with Crippen LogP contribution in [0.3, 0.4) is 0 Å². The molecule has 0 bridgehead atoms. The number of fused-ring (bicyclic) bond motifs is 1. The van der Waals surface area contributed by atoms with Crippen molar-refractivity contribution in [1.82, 2.24) is 15.2 Å². The SMILES string of the molecule is CC(c1nc2ccccc2s1)N(C)C(=O)CCNC(=O)c1ccoc1. The van der Waals surface area contributed by atoms with Crippen molar-refractivity contribution in [2.45, 2.75) is 19.4 Å². The third-order valence-corrected chi connectivity index (χ3v) is 5.26. The van der Waals surface area contributed by atoms with Crippen molar-refractivity contribution >= 4 is 33.4 Å². The highest BCUT2D eigenvalue weighted by molar-refractivity contribution is 7.18. The maximum absolute atomic E-state index is 12.4. The number of carbonyl (C=O) groups excluding carboxylic acids is 2. The fourth-order valence-electron chi connectivity index (χ4n) is 2.41. The summed E-state index contributed by atoms with van der Waals surface area (Å²) in [6.45, 7) is 2.24. The Bertz CT molecular complexity index is 840. The minimum absolute atomic E-state index is 0.0424. The summed E-state index contributed by atoms with van der Waals surface area (Å²) in [7, 11) is 1.76. The van der Waals surface area contributed by atoms with Gasteiger partial charge in [-0.15, -0.1) is 11.3 Å². The number of amides is 2.